The average molecular weight is 338 g/mol. The van der Waals surface area contributed by atoms with Gasteiger partial charge in [0.25, 0.3) is 5.91 Å². The number of carbonyl (C=O) groups excluding carboxylic acids is 1. The van der Waals surface area contributed by atoms with Crippen LogP contribution in [0.4, 0.5) is 5.69 Å². The summed E-state index contributed by atoms with van der Waals surface area (Å²) >= 11 is 0. The Balaban J connectivity index is 2.07. The molecule has 5 nitrogen and oxygen atoms in total. The van der Waals surface area contributed by atoms with E-state index in [9.17, 15) is 13.2 Å². The number of nitrogens with one attached hydrogen (secondary N) is 1. The normalized spacial score (nSPS) is 15.6. The first-order chi connectivity index (χ1) is 10.7. The zero-order chi connectivity index (χ0) is 17.2. The van der Waals surface area contributed by atoms with E-state index < -0.39 is 10.0 Å². The van der Waals surface area contributed by atoms with Gasteiger partial charge >= 0.3 is 0 Å². The Kier molecular flexibility index (Phi) is 5.34. The second-order valence-electron chi connectivity index (χ2n) is 6.77. The van der Waals surface area contributed by atoms with Crippen molar-refractivity contribution in [2.45, 2.75) is 46.1 Å². The van der Waals surface area contributed by atoms with Crippen molar-refractivity contribution in [1.29, 1.82) is 0 Å². The number of hydrogen-bond acceptors (Lipinski definition) is 3. The van der Waals surface area contributed by atoms with Crippen molar-refractivity contribution < 1.29 is 13.2 Å². The number of sulfonamides is 1. The molecule has 1 N–H and O–H groups in total. The van der Waals surface area contributed by atoms with Gasteiger partial charge in [0, 0.05) is 18.2 Å². The standard InChI is InChI=1S/C17H26N2O3S/c1-12(2)5-6-13(3)18-17(20)15-7-8-16-14(11-15)9-10-19(16)23(4,21)22/h7-8,11-13H,5-6,9-10H2,1-4H3,(H,18,20). The zero-order valence-corrected chi connectivity index (χ0v) is 15.1. The van der Waals surface area contributed by atoms with Crippen LogP contribution in [0.2, 0.25) is 0 Å². The highest BCUT2D eigenvalue weighted by atomic mass is 32.2. The number of nitrogens with zero attached hydrogens (tertiary/aromatic N) is 1. The van der Waals surface area contributed by atoms with Gasteiger partial charge < -0.3 is 5.32 Å². The largest absolute Gasteiger partial charge is 0.350 e. The third kappa shape index (κ3) is 4.47. The van der Waals surface area contributed by atoms with Gasteiger partial charge in [-0.15, -0.1) is 0 Å². The lowest BCUT2D eigenvalue weighted by molar-refractivity contribution is 0.0937. The molecule has 0 aromatic heterocycles. The van der Waals surface area contributed by atoms with Crippen LogP contribution in [0.1, 0.15) is 49.5 Å². The zero-order valence-electron chi connectivity index (χ0n) is 14.3. The van der Waals surface area contributed by atoms with Crippen LogP contribution in [0.5, 0.6) is 0 Å². The van der Waals surface area contributed by atoms with Crippen LogP contribution >= 0.6 is 0 Å². The molecule has 1 amide bonds. The molecule has 1 aliphatic rings. The van der Waals surface area contributed by atoms with E-state index in [0.29, 0.717) is 30.1 Å². The van der Waals surface area contributed by atoms with E-state index in [1.165, 1.54) is 10.6 Å². The highest BCUT2D eigenvalue weighted by Crippen LogP contribution is 2.30. The van der Waals surface area contributed by atoms with E-state index in [0.717, 1.165) is 18.4 Å². The van der Waals surface area contributed by atoms with E-state index in [2.05, 4.69) is 19.2 Å². The van der Waals surface area contributed by atoms with Crippen molar-refractivity contribution in [2.24, 2.45) is 5.92 Å². The topological polar surface area (TPSA) is 66.5 Å². The first-order valence-corrected chi connectivity index (χ1v) is 9.95. The van der Waals surface area contributed by atoms with E-state index >= 15 is 0 Å². The van der Waals surface area contributed by atoms with Gasteiger partial charge in [0.05, 0.1) is 11.9 Å². The number of fused-ring (bicyclic) bond motifs is 1. The summed E-state index contributed by atoms with van der Waals surface area (Å²) in [6.07, 6.45) is 3.89. The first kappa shape index (κ1) is 17.8. The number of anilines is 1. The van der Waals surface area contributed by atoms with Gasteiger partial charge in [-0.05, 0) is 55.9 Å². The number of amides is 1. The summed E-state index contributed by atoms with van der Waals surface area (Å²) in [4.78, 5) is 12.3. The molecule has 6 heteroatoms. The molecule has 1 aromatic carbocycles. The van der Waals surface area contributed by atoms with Crippen LogP contribution in [-0.2, 0) is 16.4 Å². The minimum atomic E-state index is -3.25. The average Bonchev–Trinajstić information content (AvgIpc) is 2.87. The molecule has 0 fully saturated rings. The monoisotopic (exact) mass is 338 g/mol. The molecule has 1 aromatic rings. The minimum absolute atomic E-state index is 0.0955. The van der Waals surface area contributed by atoms with E-state index in [1.54, 1.807) is 12.1 Å². The Morgan fingerprint density at radius 1 is 1.26 bits per heavy atom. The lowest BCUT2D eigenvalue weighted by Gasteiger charge is -2.17. The molecule has 2 rings (SSSR count). The van der Waals surface area contributed by atoms with Crippen molar-refractivity contribution in [3.63, 3.8) is 0 Å². The third-order valence-corrected chi connectivity index (χ3v) is 5.33. The summed E-state index contributed by atoms with van der Waals surface area (Å²) < 4.78 is 24.9. The fraction of sp³-hybridized carbons (Fsp3) is 0.588. The van der Waals surface area contributed by atoms with Gasteiger partial charge in [0.15, 0.2) is 0 Å². The summed E-state index contributed by atoms with van der Waals surface area (Å²) in [5, 5.41) is 3.01. The molecule has 1 atom stereocenters. The molecule has 1 heterocycles. The van der Waals surface area contributed by atoms with Gasteiger partial charge in [0.2, 0.25) is 10.0 Å². The van der Waals surface area contributed by atoms with Gasteiger partial charge in [0.1, 0.15) is 0 Å². The SMILES string of the molecule is CC(C)CCC(C)NC(=O)c1ccc2c(c1)CCN2S(C)(=O)=O. The molecule has 128 valence electrons. The van der Waals surface area contributed by atoms with Gasteiger partial charge in [-0.2, -0.15) is 0 Å². The fourth-order valence-electron chi connectivity index (χ4n) is 2.82. The molecular formula is C17H26N2O3S. The van der Waals surface area contributed by atoms with Crippen LogP contribution in [0.25, 0.3) is 0 Å². The summed E-state index contributed by atoms with van der Waals surface area (Å²) in [7, 11) is -3.25. The van der Waals surface area contributed by atoms with Crippen molar-refractivity contribution in [2.75, 3.05) is 17.1 Å². The van der Waals surface area contributed by atoms with Crippen LogP contribution in [0.15, 0.2) is 18.2 Å². The van der Waals surface area contributed by atoms with E-state index in [-0.39, 0.29) is 11.9 Å². The van der Waals surface area contributed by atoms with Gasteiger partial charge in [-0.1, -0.05) is 13.8 Å². The molecule has 1 aliphatic heterocycles. The quantitative estimate of drug-likeness (QED) is 0.867. The molecule has 0 radical (unpaired) electrons. The number of hydrogen-bond donors (Lipinski definition) is 1. The lowest BCUT2D eigenvalue weighted by Crippen LogP contribution is -2.32. The Morgan fingerprint density at radius 2 is 1.96 bits per heavy atom. The van der Waals surface area contributed by atoms with E-state index in [1.807, 2.05) is 13.0 Å². The Bertz CT molecular complexity index is 683. The molecule has 0 saturated heterocycles. The predicted octanol–water partition coefficient (Wildman–Crippen LogP) is 2.56. The predicted molar refractivity (Wildman–Crippen MR) is 93.3 cm³/mol. The molecule has 0 aliphatic carbocycles. The summed E-state index contributed by atoms with van der Waals surface area (Å²) in [6.45, 7) is 6.80. The van der Waals surface area contributed by atoms with Gasteiger partial charge in [-0.25, -0.2) is 8.42 Å². The van der Waals surface area contributed by atoms with Crippen LogP contribution in [-0.4, -0.2) is 33.2 Å². The van der Waals surface area contributed by atoms with Gasteiger partial charge in [-0.3, -0.25) is 9.10 Å². The Labute approximate surface area is 139 Å². The maximum Gasteiger partial charge on any atom is 0.251 e. The maximum atomic E-state index is 12.3. The number of carbonyl (C=O) groups is 1. The van der Waals surface area contributed by atoms with Crippen molar-refractivity contribution >= 4 is 21.6 Å². The number of rotatable bonds is 6. The maximum absolute atomic E-state index is 12.3. The highest BCUT2D eigenvalue weighted by molar-refractivity contribution is 7.92. The van der Waals surface area contributed by atoms with Crippen molar-refractivity contribution in [1.82, 2.24) is 5.32 Å². The van der Waals surface area contributed by atoms with Crippen LogP contribution in [0.3, 0.4) is 0 Å². The number of benzene rings is 1. The van der Waals surface area contributed by atoms with Crippen LogP contribution in [0, 0.1) is 5.92 Å². The molecular weight excluding hydrogens is 312 g/mol. The summed E-state index contributed by atoms with van der Waals surface area (Å²) in [6, 6.07) is 5.38. The molecule has 23 heavy (non-hydrogen) atoms. The summed E-state index contributed by atoms with van der Waals surface area (Å²) in [5.41, 5.74) is 2.20. The first-order valence-electron chi connectivity index (χ1n) is 8.10. The van der Waals surface area contributed by atoms with E-state index in [4.69, 9.17) is 0 Å². The third-order valence-electron chi connectivity index (χ3n) is 4.15. The Morgan fingerprint density at radius 3 is 2.57 bits per heavy atom. The molecule has 0 saturated carbocycles. The Hall–Kier alpha value is -1.56. The van der Waals surface area contributed by atoms with Crippen molar-refractivity contribution in [3.05, 3.63) is 29.3 Å². The fourth-order valence-corrected chi connectivity index (χ4v) is 3.78. The van der Waals surface area contributed by atoms with Crippen LogP contribution < -0.4 is 9.62 Å². The second kappa shape index (κ2) is 6.91. The molecule has 0 bridgehead atoms. The minimum Gasteiger partial charge on any atom is -0.350 e. The smallest absolute Gasteiger partial charge is 0.251 e. The lowest BCUT2D eigenvalue weighted by atomic mass is 10.0. The molecule has 0 spiro atoms. The highest BCUT2D eigenvalue weighted by Gasteiger charge is 2.26. The second-order valence-corrected chi connectivity index (χ2v) is 8.68. The van der Waals surface area contributed by atoms with Crippen molar-refractivity contribution in [3.8, 4) is 0 Å². The molecule has 1 unspecified atom stereocenters. The summed E-state index contributed by atoms with van der Waals surface area (Å²) in [5.74, 6) is 0.526.